The van der Waals surface area contributed by atoms with Gasteiger partial charge in [0.1, 0.15) is 17.7 Å². The van der Waals surface area contributed by atoms with Gasteiger partial charge in [-0.3, -0.25) is 9.59 Å². The minimum Gasteiger partial charge on any atom is -0.466 e. The minimum absolute atomic E-state index is 0.276. The Balaban J connectivity index is 1.46. The van der Waals surface area contributed by atoms with Crippen molar-refractivity contribution in [2.45, 2.75) is 25.2 Å². The molecule has 148 valence electrons. The van der Waals surface area contributed by atoms with Crippen LogP contribution in [0.25, 0.3) is 10.9 Å². The first-order valence-electron chi connectivity index (χ1n) is 9.57. The van der Waals surface area contributed by atoms with Gasteiger partial charge >= 0.3 is 5.97 Å². The summed E-state index contributed by atoms with van der Waals surface area (Å²) < 4.78 is 11.4. The van der Waals surface area contributed by atoms with Crippen LogP contribution < -0.4 is 5.32 Å². The molecule has 2 bridgehead atoms. The summed E-state index contributed by atoms with van der Waals surface area (Å²) in [6.45, 7) is 2.04. The van der Waals surface area contributed by atoms with Gasteiger partial charge in [-0.1, -0.05) is 35.9 Å². The molecule has 1 fully saturated rings. The third-order valence-corrected chi connectivity index (χ3v) is 5.86. The first kappa shape index (κ1) is 18.2. The number of esters is 1. The molecule has 3 heterocycles. The van der Waals surface area contributed by atoms with Crippen LogP contribution in [0.2, 0.25) is 5.02 Å². The minimum atomic E-state index is -0.586. The molecule has 6 nitrogen and oxygen atoms in total. The lowest BCUT2D eigenvalue weighted by Crippen LogP contribution is -2.46. The number of fused-ring (bicyclic) bond motifs is 6. The first-order valence-corrected chi connectivity index (χ1v) is 9.94. The molecule has 0 saturated carbocycles. The molecule has 2 aromatic carbocycles. The molecule has 1 saturated heterocycles. The molecular formula is C22H19ClN2O4. The number of H-pyrrole nitrogens is 1. The average Bonchev–Trinajstić information content (AvgIpc) is 3.39. The number of halogens is 1. The van der Waals surface area contributed by atoms with Crippen molar-refractivity contribution in [3.05, 3.63) is 70.4 Å². The largest absolute Gasteiger partial charge is 0.466 e. The van der Waals surface area contributed by atoms with Gasteiger partial charge in [0.2, 0.25) is 0 Å². The highest BCUT2D eigenvalue weighted by molar-refractivity contribution is 6.31. The molecule has 5 rings (SSSR count). The Hall–Kier alpha value is -2.83. The van der Waals surface area contributed by atoms with Crippen LogP contribution >= 0.6 is 11.6 Å². The van der Waals surface area contributed by atoms with E-state index in [-0.39, 0.29) is 24.6 Å². The van der Waals surface area contributed by atoms with E-state index < -0.39 is 18.1 Å². The number of amides is 1. The van der Waals surface area contributed by atoms with Crippen LogP contribution in [-0.2, 0) is 14.3 Å². The number of rotatable bonds is 4. The highest BCUT2D eigenvalue weighted by Gasteiger charge is 2.56. The predicted molar refractivity (Wildman–Crippen MR) is 108 cm³/mol. The Morgan fingerprint density at radius 2 is 1.90 bits per heavy atom. The number of carbonyl (C=O) groups is 2. The first-order chi connectivity index (χ1) is 14.1. The molecule has 0 radical (unpaired) electrons. The van der Waals surface area contributed by atoms with Crippen molar-refractivity contribution in [1.29, 1.82) is 0 Å². The Morgan fingerprint density at radius 3 is 2.66 bits per heavy atom. The van der Waals surface area contributed by atoms with Gasteiger partial charge in [-0.25, -0.2) is 0 Å². The SMILES string of the molecule is CCOC(=O)[C@H]1C(NC(=O)c2cc3cc(Cl)ccc3[nH]2)[C@H]2O[C@@H]1c1ccccc12. The molecular weight excluding hydrogens is 392 g/mol. The second kappa shape index (κ2) is 6.90. The zero-order valence-corrected chi connectivity index (χ0v) is 16.4. The Bertz CT molecular complexity index is 1120. The lowest BCUT2D eigenvalue weighted by atomic mass is 9.80. The van der Waals surface area contributed by atoms with Crippen molar-refractivity contribution in [2.24, 2.45) is 5.92 Å². The molecule has 1 aromatic heterocycles. The van der Waals surface area contributed by atoms with Crippen LogP contribution in [0, 0.1) is 5.92 Å². The molecule has 1 amide bonds. The number of nitrogens with one attached hydrogen (secondary N) is 2. The lowest BCUT2D eigenvalue weighted by molar-refractivity contribution is -0.150. The summed E-state index contributed by atoms with van der Waals surface area (Å²) in [4.78, 5) is 28.8. The third-order valence-electron chi connectivity index (χ3n) is 5.63. The molecule has 3 aromatic rings. The Morgan fingerprint density at radius 1 is 1.14 bits per heavy atom. The van der Waals surface area contributed by atoms with Crippen molar-refractivity contribution < 1.29 is 19.1 Å². The molecule has 1 unspecified atom stereocenters. The summed E-state index contributed by atoms with van der Waals surface area (Å²) in [7, 11) is 0. The number of aromatic amines is 1. The monoisotopic (exact) mass is 410 g/mol. The van der Waals surface area contributed by atoms with E-state index in [0.717, 1.165) is 22.0 Å². The third kappa shape index (κ3) is 2.91. The van der Waals surface area contributed by atoms with Gasteiger partial charge in [-0.15, -0.1) is 0 Å². The fourth-order valence-electron chi connectivity index (χ4n) is 4.40. The van der Waals surface area contributed by atoms with Gasteiger partial charge < -0.3 is 19.8 Å². The number of ether oxygens (including phenoxy) is 2. The summed E-state index contributed by atoms with van der Waals surface area (Å²) in [5.74, 6) is -1.24. The summed E-state index contributed by atoms with van der Waals surface area (Å²) in [6, 6.07) is 14.4. The van der Waals surface area contributed by atoms with E-state index in [4.69, 9.17) is 21.1 Å². The van der Waals surface area contributed by atoms with Crippen molar-refractivity contribution in [3.63, 3.8) is 0 Å². The maximum absolute atomic E-state index is 13.0. The number of carbonyl (C=O) groups excluding carboxylic acids is 2. The van der Waals surface area contributed by atoms with E-state index in [1.807, 2.05) is 30.3 Å². The van der Waals surface area contributed by atoms with Gasteiger partial charge in [0.25, 0.3) is 5.91 Å². The highest BCUT2D eigenvalue weighted by Crippen LogP contribution is 2.54. The van der Waals surface area contributed by atoms with Gasteiger partial charge in [-0.05, 0) is 42.3 Å². The zero-order chi connectivity index (χ0) is 20.1. The Kier molecular flexibility index (Phi) is 4.33. The maximum atomic E-state index is 13.0. The fourth-order valence-corrected chi connectivity index (χ4v) is 4.58. The highest BCUT2D eigenvalue weighted by atomic mass is 35.5. The quantitative estimate of drug-likeness (QED) is 0.639. The van der Waals surface area contributed by atoms with Crippen LogP contribution in [0.3, 0.4) is 0 Å². The normalized spacial score (nSPS) is 24.5. The summed E-state index contributed by atoms with van der Waals surface area (Å²) in [6.07, 6.45) is -0.796. The second-order valence-corrected chi connectivity index (χ2v) is 7.73. The average molecular weight is 411 g/mol. The standard InChI is InChI=1S/C22H19ClN2O4/c1-2-28-22(27)17-18(20-14-6-4-3-5-13(14)19(17)29-20)25-21(26)16-10-11-9-12(23)7-8-15(11)24-16/h3-10,17-20,24H,2H2,1H3,(H,25,26)/t17-,18?,19+,20-/m0/s1. The topological polar surface area (TPSA) is 80.4 Å². The molecule has 0 aliphatic carbocycles. The molecule has 4 atom stereocenters. The molecule has 29 heavy (non-hydrogen) atoms. The summed E-state index contributed by atoms with van der Waals surface area (Å²) in [5, 5.41) is 4.45. The van der Waals surface area contributed by atoms with Crippen molar-refractivity contribution in [1.82, 2.24) is 10.3 Å². The van der Waals surface area contributed by atoms with E-state index in [9.17, 15) is 9.59 Å². The van der Waals surface area contributed by atoms with Crippen LogP contribution in [0.15, 0.2) is 48.5 Å². The van der Waals surface area contributed by atoms with Gasteiger partial charge in [0, 0.05) is 15.9 Å². The van der Waals surface area contributed by atoms with Gasteiger partial charge in [-0.2, -0.15) is 0 Å². The molecule has 2 aliphatic heterocycles. The Labute approximate surface area is 172 Å². The second-order valence-electron chi connectivity index (χ2n) is 7.30. The smallest absolute Gasteiger partial charge is 0.314 e. The zero-order valence-electron chi connectivity index (χ0n) is 15.6. The van der Waals surface area contributed by atoms with Crippen molar-refractivity contribution in [3.8, 4) is 0 Å². The number of benzene rings is 2. The predicted octanol–water partition coefficient (Wildman–Crippen LogP) is 3.93. The van der Waals surface area contributed by atoms with Crippen LogP contribution in [0.1, 0.15) is 40.7 Å². The van der Waals surface area contributed by atoms with E-state index in [2.05, 4.69) is 10.3 Å². The van der Waals surface area contributed by atoms with Crippen LogP contribution in [-0.4, -0.2) is 29.5 Å². The van der Waals surface area contributed by atoms with Crippen molar-refractivity contribution in [2.75, 3.05) is 6.61 Å². The van der Waals surface area contributed by atoms with E-state index in [0.29, 0.717) is 10.7 Å². The lowest BCUT2D eigenvalue weighted by Gasteiger charge is -2.28. The summed E-state index contributed by atoms with van der Waals surface area (Å²) >= 11 is 6.04. The van der Waals surface area contributed by atoms with Crippen LogP contribution in [0.4, 0.5) is 0 Å². The number of hydrogen-bond donors (Lipinski definition) is 2. The van der Waals surface area contributed by atoms with E-state index in [1.165, 1.54) is 0 Å². The van der Waals surface area contributed by atoms with Crippen molar-refractivity contribution >= 4 is 34.4 Å². The molecule has 7 heteroatoms. The molecule has 0 spiro atoms. The van der Waals surface area contributed by atoms with E-state index >= 15 is 0 Å². The summed E-state index contributed by atoms with van der Waals surface area (Å²) in [5.41, 5.74) is 3.21. The fraction of sp³-hybridized carbons (Fsp3) is 0.273. The number of hydrogen-bond acceptors (Lipinski definition) is 4. The van der Waals surface area contributed by atoms with Gasteiger partial charge in [0.15, 0.2) is 0 Å². The maximum Gasteiger partial charge on any atom is 0.314 e. The molecule has 2 aliphatic rings. The van der Waals surface area contributed by atoms with Crippen LogP contribution in [0.5, 0.6) is 0 Å². The number of aromatic nitrogens is 1. The van der Waals surface area contributed by atoms with Gasteiger partial charge in [0.05, 0.1) is 18.8 Å². The van der Waals surface area contributed by atoms with E-state index in [1.54, 1.807) is 25.1 Å². The molecule has 2 N–H and O–H groups in total.